The minimum Gasteiger partial charge on any atom is -0.465 e. The van der Waals surface area contributed by atoms with Gasteiger partial charge < -0.3 is 15.2 Å². The third-order valence-electron chi connectivity index (χ3n) is 2.29. The Bertz CT molecular complexity index is 162. The summed E-state index contributed by atoms with van der Waals surface area (Å²) in [5.41, 5.74) is 0. The molecule has 0 fully saturated rings. The first-order valence-corrected chi connectivity index (χ1v) is 6.28. The molecule has 0 radical (unpaired) electrons. The van der Waals surface area contributed by atoms with Crippen LogP contribution >= 0.6 is 0 Å². The van der Waals surface area contributed by atoms with Gasteiger partial charge in [-0.1, -0.05) is 26.2 Å². The average molecular weight is 231 g/mol. The van der Waals surface area contributed by atoms with Crippen molar-refractivity contribution in [2.24, 2.45) is 0 Å². The number of rotatable bonds is 11. The standard InChI is InChI=1S/C12H25NO3/c1-2-3-10-16-12(15)11-13-8-6-4-5-7-9-14/h13-14H,2-11H2,1H3. The highest BCUT2D eigenvalue weighted by Crippen LogP contribution is 1.97. The van der Waals surface area contributed by atoms with Crippen LogP contribution in [-0.4, -0.2) is 37.4 Å². The molecule has 4 heteroatoms. The molecule has 2 N–H and O–H groups in total. The topological polar surface area (TPSA) is 58.6 Å². The van der Waals surface area contributed by atoms with Gasteiger partial charge in [-0.15, -0.1) is 0 Å². The summed E-state index contributed by atoms with van der Waals surface area (Å²) in [5.74, 6) is -0.163. The molecule has 96 valence electrons. The molecule has 0 aromatic heterocycles. The molecule has 0 amide bonds. The van der Waals surface area contributed by atoms with E-state index in [0.29, 0.717) is 13.2 Å². The SMILES string of the molecule is CCCCOC(=O)CNCCCCCCO. The van der Waals surface area contributed by atoms with E-state index >= 15 is 0 Å². The fourth-order valence-electron chi connectivity index (χ4n) is 1.29. The van der Waals surface area contributed by atoms with Crippen molar-refractivity contribution < 1.29 is 14.6 Å². The number of unbranched alkanes of at least 4 members (excludes halogenated alkanes) is 4. The Hall–Kier alpha value is -0.610. The van der Waals surface area contributed by atoms with Crippen LogP contribution in [0.4, 0.5) is 0 Å². The van der Waals surface area contributed by atoms with E-state index in [0.717, 1.165) is 45.1 Å². The lowest BCUT2D eigenvalue weighted by atomic mass is 10.2. The molecule has 0 unspecified atom stereocenters. The van der Waals surface area contributed by atoms with Crippen molar-refractivity contribution >= 4 is 5.97 Å². The molecule has 16 heavy (non-hydrogen) atoms. The Balaban J connectivity index is 3.09. The highest BCUT2D eigenvalue weighted by Gasteiger charge is 2.00. The van der Waals surface area contributed by atoms with Crippen LogP contribution in [0.1, 0.15) is 45.4 Å². The van der Waals surface area contributed by atoms with Crippen LogP contribution in [0, 0.1) is 0 Å². The quantitative estimate of drug-likeness (QED) is 0.417. The van der Waals surface area contributed by atoms with Crippen molar-refractivity contribution in [3.8, 4) is 0 Å². The summed E-state index contributed by atoms with van der Waals surface area (Å²) in [6.45, 7) is 4.03. The molecule has 0 aliphatic heterocycles. The molecular formula is C12H25NO3. The fraction of sp³-hybridized carbons (Fsp3) is 0.917. The summed E-state index contributed by atoms with van der Waals surface area (Å²) in [5, 5.41) is 11.6. The zero-order chi connectivity index (χ0) is 12.1. The summed E-state index contributed by atoms with van der Waals surface area (Å²) in [6.07, 6.45) is 6.05. The molecular weight excluding hydrogens is 206 g/mol. The van der Waals surface area contributed by atoms with Gasteiger partial charge in [-0.25, -0.2) is 0 Å². The van der Waals surface area contributed by atoms with Gasteiger partial charge in [0.05, 0.1) is 13.2 Å². The molecule has 0 saturated carbocycles. The number of aliphatic hydroxyl groups is 1. The molecule has 0 rings (SSSR count). The monoisotopic (exact) mass is 231 g/mol. The van der Waals surface area contributed by atoms with E-state index in [1.54, 1.807) is 0 Å². The molecule has 0 saturated heterocycles. The Morgan fingerprint density at radius 2 is 1.94 bits per heavy atom. The number of carbonyl (C=O) groups is 1. The molecule has 0 bridgehead atoms. The van der Waals surface area contributed by atoms with Crippen molar-refractivity contribution in [1.82, 2.24) is 5.32 Å². The zero-order valence-corrected chi connectivity index (χ0v) is 10.3. The summed E-state index contributed by atoms with van der Waals surface area (Å²) < 4.78 is 4.99. The second-order valence-electron chi connectivity index (χ2n) is 3.89. The molecule has 0 spiro atoms. The molecule has 4 nitrogen and oxygen atoms in total. The minimum atomic E-state index is -0.163. The maximum absolute atomic E-state index is 11.1. The van der Waals surface area contributed by atoms with Gasteiger partial charge in [0.2, 0.25) is 0 Å². The number of aliphatic hydroxyl groups excluding tert-OH is 1. The summed E-state index contributed by atoms with van der Waals surface area (Å²) in [6, 6.07) is 0. The van der Waals surface area contributed by atoms with Crippen molar-refractivity contribution in [2.45, 2.75) is 45.4 Å². The highest BCUT2D eigenvalue weighted by atomic mass is 16.5. The van der Waals surface area contributed by atoms with E-state index in [1.165, 1.54) is 0 Å². The largest absolute Gasteiger partial charge is 0.465 e. The summed E-state index contributed by atoms with van der Waals surface area (Å²) in [4.78, 5) is 11.1. The Kier molecular flexibility index (Phi) is 12.0. The molecule has 0 atom stereocenters. The van der Waals surface area contributed by atoms with Gasteiger partial charge >= 0.3 is 5.97 Å². The van der Waals surface area contributed by atoms with Crippen molar-refractivity contribution in [2.75, 3.05) is 26.3 Å². The zero-order valence-electron chi connectivity index (χ0n) is 10.3. The predicted octanol–water partition coefficient (Wildman–Crippen LogP) is 1.47. The highest BCUT2D eigenvalue weighted by molar-refractivity contribution is 5.71. The lowest BCUT2D eigenvalue weighted by molar-refractivity contribution is -0.142. The molecule has 0 aromatic rings. The fourth-order valence-corrected chi connectivity index (χ4v) is 1.29. The number of ether oxygens (including phenoxy) is 1. The Morgan fingerprint density at radius 3 is 2.62 bits per heavy atom. The Morgan fingerprint density at radius 1 is 1.19 bits per heavy atom. The number of hydrogen-bond donors (Lipinski definition) is 2. The van der Waals surface area contributed by atoms with Crippen LogP contribution in [-0.2, 0) is 9.53 Å². The molecule has 0 heterocycles. The van der Waals surface area contributed by atoms with Gasteiger partial charge in [0, 0.05) is 6.61 Å². The minimum absolute atomic E-state index is 0.163. The van der Waals surface area contributed by atoms with E-state index in [9.17, 15) is 4.79 Å². The first-order valence-electron chi connectivity index (χ1n) is 6.28. The lowest BCUT2D eigenvalue weighted by Gasteiger charge is -2.05. The average Bonchev–Trinajstić information content (AvgIpc) is 2.28. The van der Waals surface area contributed by atoms with E-state index in [-0.39, 0.29) is 12.6 Å². The van der Waals surface area contributed by atoms with Crippen LogP contribution in [0.3, 0.4) is 0 Å². The lowest BCUT2D eigenvalue weighted by Crippen LogP contribution is -2.25. The van der Waals surface area contributed by atoms with Crippen LogP contribution in [0.15, 0.2) is 0 Å². The van der Waals surface area contributed by atoms with Crippen LogP contribution in [0.5, 0.6) is 0 Å². The third-order valence-corrected chi connectivity index (χ3v) is 2.29. The first kappa shape index (κ1) is 15.4. The molecule has 0 aliphatic carbocycles. The predicted molar refractivity (Wildman–Crippen MR) is 64.3 cm³/mol. The second kappa shape index (κ2) is 12.5. The number of nitrogens with one attached hydrogen (secondary N) is 1. The maximum Gasteiger partial charge on any atom is 0.319 e. The van der Waals surface area contributed by atoms with Gasteiger partial charge in [0.15, 0.2) is 0 Å². The smallest absolute Gasteiger partial charge is 0.319 e. The normalized spacial score (nSPS) is 10.4. The number of hydrogen-bond acceptors (Lipinski definition) is 4. The van der Waals surface area contributed by atoms with Gasteiger partial charge in [-0.2, -0.15) is 0 Å². The van der Waals surface area contributed by atoms with Gasteiger partial charge in [0.1, 0.15) is 0 Å². The van der Waals surface area contributed by atoms with E-state index in [4.69, 9.17) is 9.84 Å². The molecule has 0 aliphatic rings. The van der Waals surface area contributed by atoms with E-state index in [1.807, 2.05) is 0 Å². The van der Waals surface area contributed by atoms with Crippen LogP contribution in [0.25, 0.3) is 0 Å². The summed E-state index contributed by atoms with van der Waals surface area (Å²) in [7, 11) is 0. The molecule has 0 aromatic carbocycles. The Labute approximate surface area is 98.4 Å². The number of esters is 1. The van der Waals surface area contributed by atoms with Crippen LogP contribution < -0.4 is 5.32 Å². The van der Waals surface area contributed by atoms with E-state index in [2.05, 4.69) is 12.2 Å². The van der Waals surface area contributed by atoms with Crippen molar-refractivity contribution in [1.29, 1.82) is 0 Å². The van der Waals surface area contributed by atoms with Crippen molar-refractivity contribution in [3.05, 3.63) is 0 Å². The second-order valence-corrected chi connectivity index (χ2v) is 3.89. The maximum atomic E-state index is 11.1. The van der Waals surface area contributed by atoms with Gasteiger partial charge in [0.25, 0.3) is 0 Å². The van der Waals surface area contributed by atoms with Crippen LogP contribution in [0.2, 0.25) is 0 Å². The number of carbonyl (C=O) groups excluding carboxylic acids is 1. The van der Waals surface area contributed by atoms with E-state index < -0.39 is 0 Å². The summed E-state index contributed by atoms with van der Waals surface area (Å²) >= 11 is 0. The van der Waals surface area contributed by atoms with Gasteiger partial charge in [-0.05, 0) is 25.8 Å². The van der Waals surface area contributed by atoms with Crippen molar-refractivity contribution in [3.63, 3.8) is 0 Å². The van der Waals surface area contributed by atoms with Gasteiger partial charge in [-0.3, -0.25) is 4.79 Å². The third kappa shape index (κ3) is 11.5. The first-order chi connectivity index (χ1) is 7.81.